The molecule has 1 heterocycles. The summed E-state index contributed by atoms with van der Waals surface area (Å²) >= 11 is 9.31. The number of anilines is 1. The minimum Gasteiger partial charge on any atom is -0.508 e. The molecule has 2 aromatic rings. The van der Waals surface area contributed by atoms with E-state index in [2.05, 4.69) is 22.5 Å². The Balaban J connectivity index is 1.90. The third kappa shape index (κ3) is 2.93. The predicted molar refractivity (Wildman–Crippen MR) is 117 cm³/mol. The number of allylic oxidation sites excluding steroid dienone is 3. The number of imide groups is 1. The summed E-state index contributed by atoms with van der Waals surface area (Å²) in [7, 11) is 0. The molecule has 4 rings (SSSR count). The molecule has 0 aromatic heterocycles. The maximum absolute atomic E-state index is 13.7. The zero-order valence-electron chi connectivity index (χ0n) is 16.0. The van der Waals surface area contributed by atoms with E-state index in [9.17, 15) is 19.1 Å². The number of phenols is 1. The van der Waals surface area contributed by atoms with Gasteiger partial charge in [0, 0.05) is 16.0 Å². The molecule has 154 valence electrons. The zero-order chi connectivity index (χ0) is 21.8. The van der Waals surface area contributed by atoms with Crippen molar-refractivity contribution in [2.75, 3.05) is 4.90 Å². The lowest BCUT2D eigenvalue weighted by Gasteiger charge is -2.40. The van der Waals surface area contributed by atoms with Crippen molar-refractivity contribution in [1.29, 1.82) is 0 Å². The van der Waals surface area contributed by atoms with Gasteiger partial charge in [0.1, 0.15) is 11.6 Å². The number of aromatic hydroxyl groups is 1. The van der Waals surface area contributed by atoms with Crippen molar-refractivity contribution in [2.45, 2.75) is 19.3 Å². The molecule has 1 fully saturated rings. The van der Waals surface area contributed by atoms with Gasteiger partial charge in [-0.2, -0.15) is 0 Å². The summed E-state index contributed by atoms with van der Waals surface area (Å²) in [6, 6.07) is 8.78. The smallest absolute Gasteiger partial charge is 0.241 e. The number of hydrogen-bond acceptors (Lipinski definition) is 3. The Hall–Kier alpha value is -2.44. The molecule has 7 heteroatoms. The maximum Gasteiger partial charge on any atom is 0.241 e. The zero-order valence-corrected chi connectivity index (χ0v) is 18.4. The van der Waals surface area contributed by atoms with Crippen molar-refractivity contribution in [2.24, 2.45) is 11.3 Å². The van der Waals surface area contributed by atoms with Gasteiger partial charge < -0.3 is 5.11 Å². The molecule has 2 aromatic carbocycles. The molecule has 1 saturated heterocycles. The number of benzene rings is 2. The summed E-state index contributed by atoms with van der Waals surface area (Å²) in [6.07, 6.45) is 3.90. The van der Waals surface area contributed by atoms with E-state index in [1.54, 1.807) is 31.2 Å². The molecule has 1 aliphatic heterocycles. The highest BCUT2D eigenvalue weighted by atomic mass is 79.9. The number of carbonyl (C=O) groups is 2. The number of phenolic OH excluding ortho intramolecular Hbond substituents is 1. The molecule has 1 N–H and O–H groups in total. The Labute approximate surface area is 186 Å². The van der Waals surface area contributed by atoms with Crippen molar-refractivity contribution in [3.63, 3.8) is 0 Å². The highest BCUT2D eigenvalue weighted by molar-refractivity contribution is 9.10. The van der Waals surface area contributed by atoms with E-state index in [4.69, 9.17) is 11.6 Å². The van der Waals surface area contributed by atoms with E-state index in [-0.39, 0.29) is 22.4 Å². The second-order valence-electron chi connectivity index (χ2n) is 7.69. The SMILES string of the molecule is C=CC1=CC[C@H]2C(=O)N(c3ccc(F)c(Cl)c3)C(=O)[C@@]2(C)[C@H]1c1cc(Br)ccc1O. The van der Waals surface area contributed by atoms with Crippen molar-refractivity contribution < 1.29 is 19.1 Å². The highest BCUT2D eigenvalue weighted by Gasteiger charge is 2.62. The number of nitrogens with zero attached hydrogens (tertiary/aromatic N) is 1. The molecule has 2 amide bonds. The maximum atomic E-state index is 13.7. The first kappa shape index (κ1) is 20.8. The van der Waals surface area contributed by atoms with Crippen LogP contribution in [0.1, 0.15) is 24.8 Å². The average molecular weight is 491 g/mol. The average Bonchev–Trinajstić information content (AvgIpc) is 2.91. The lowest BCUT2D eigenvalue weighted by Crippen LogP contribution is -2.41. The summed E-state index contributed by atoms with van der Waals surface area (Å²) in [4.78, 5) is 28.1. The Morgan fingerprint density at radius 1 is 1.30 bits per heavy atom. The van der Waals surface area contributed by atoms with Gasteiger partial charge in [0.2, 0.25) is 11.8 Å². The van der Waals surface area contributed by atoms with Crippen LogP contribution >= 0.6 is 27.5 Å². The van der Waals surface area contributed by atoms with E-state index in [0.717, 1.165) is 21.0 Å². The minimum atomic E-state index is -1.16. The summed E-state index contributed by atoms with van der Waals surface area (Å²) in [5, 5.41) is 10.4. The standard InChI is InChI=1S/C23H18BrClFNO3/c1-3-12-4-7-16-21(29)27(14-6-8-18(26)17(25)11-14)22(30)23(16,2)20(12)15-10-13(24)5-9-19(15)28/h3-6,8-11,16,20,28H,1,7H2,2H3/t16-,20+,23+/m0/s1. The van der Waals surface area contributed by atoms with Crippen LogP contribution in [0.4, 0.5) is 10.1 Å². The van der Waals surface area contributed by atoms with Crippen molar-refractivity contribution in [1.82, 2.24) is 0 Å². The number of carbonyl (C=O) groups excluding carboxylic acids is 2. The van der Waals surface area contributed by atoms with E-state index in [1.165, 1.54) is 12.1 Å². The second-order valence-corrected chi connectivity index (χ2v) is 9.02. The molecule has 3 atom stereocenters. The van der Waals surface area contributed by atoms with Crippen LogP contribution in [0.2, 0.25) is 5.02 Å². The van der Waals surface area contributed by atoms with Gasteiger partial charge in [-0.1, -0.05) is 46.3 Å². The third-order valence-corrected chi connectivity index (χ3v) is 6.91. The first-order valence-corrected chi connectivity index (χ1v) is 10.5. The largest absolute Gasteiger partial charge is 0.508 e. The summed E-state index contributed by atoms with van der Waals surface area (Å²) in [6.45, 7) is 5.61. The molecule has 1 aliphatic carbocycles. The van der Waals surface area contributed by atoms with Crippen molar-refractivity contribution in [3.8, 4) is 5.75 Å². The molecule has 4 nitrogen and oxygen atoms in total. The third-order valence-electron chi connectivity index (χ3n) is 6.13. The van der Waals surface area contributed by atoms with E-state index in [0.29, 0.717) is 12.0 Å². The number of halogens is 3. The van der Waals surface area contributed by atoms with Crippen LogP contribution in [-0.4, -0.2) is 16.9 Å². The topological polar surface area (TPSA) is 57.6 Å². The van der Waals surface area contributed by atoms with E-state index in [1.807, 2.05) is 6.08 Å². The Morgan fingerprint density at radius 2 is 2.03 bits per heavy atom. The number of fused-ring (bicyclic) bond motifs is 1. The van der Waals surface area contributed by atoms with E-state index < -0.39 is 29.0 Å². The molecule has 0 spiro atoms. The van der Waals surface area contributed by atoms with Crippen LogP contribution in [0.25, 0.3) is 0 Å². The first-order valence-electron chi connectivity index (χ1n) is 9.34. The van der Waals surface area contributed by atoms with Crippen LogP contribution in [0.15, 0.2) is 65.2 Å². The van der Waals surface area contributed by atoms with Crippen molar-refractivity contribution >= 4 is 45.0 Å². The molecule has 30 heavy (non-hydrogen) atoms. The van der Waals surface area contributed by atoms with Gasteiger partial charge in [-0.15, -0.1) is 0 Å². The molecule has 0 saturated carbocycles. The quantitative estimate of drug-likeness (QED) is 0.558. The number of amides is 2. The van der Waals surface area contributed by atoms with Gasteiger partial charge in [-0.25, -0.2) is 9.29 Å². The van der Waals surface area contributed by atoms with Crippen LogP contribution in [-0.2, 0) is 9.59 Å². The lowest BCUT2D eigenvalue weighted by atomic mass is 9.60. The molecule has 0 bridgehead atoms. The number of rotatable bonds is 3. The fraction of sp³-hybridized carbons (Fsp3) is 0.217. The Bertz CT molecular complexity index is 1130. The normalized spacial score (nSPS) is 25.9. The van der Waals surface area contributed by atoms with Crippen LogP contribution in [0.3, 0.4) is 0 Å². The lowest BCUT2D eigenvalue weighted by molar-refractivity contribution is -0.127. The molecule has 0 radical (unpaired) electrons. The van der Waals surface area contributed by atoms with Gasteiger partial charge in [0.05, 0.1) is 22.0 Å². The monoisotopic (exact) mass is 489 g/mol. The summed E-state index contributed by atoms with van der Waals surface area (Å²) < 4.78 is 14.4. The number of hydrogen-bond donors (Lipinski definition) is 1. The van der Waals surface area contributed by atoms with Crippen LogP contribution in [0.5, 0.6) is 5.75 Å². The van der Waals surface area contributed by atoms with E-state index >= 15 is 0 Å². The summed E-state index contributed by atoms with van der Waals surface area (Å²) in [5.74, 6) is -2.61. The van der Waals surface area contributed by atoms with Crippen LogP contribution in [0, 0.1) is 17.2 Å². The van der Waals surface area contributed by atoms with Gasteiger partial charge in [0.25, 0.3) is 0 Å². The molecular formula is C23H18BrClFNO3. The van der Waals surface area contributed by atoms with Gasteiger partial charge in [0.15, 0.2) is 0 Å². The first-order chi connectivity index (χ1) is 14.2. The fourth-order valence-electron chi connectivity index (χ4n) is 4.62. The minimum absolute atomic E-state index is 0.0290. The Morgan fingerprint density at radius 3 is 2.70 bits per heavy atom. The summed E-state index contributed by atoms with van der Waals surface area (Å²) in [5.41, 5.74) is 0.364. The Kier molecular flexibility index (Phi) is 5.11. The van der Waals surface area contributed by atoms with Crippen LogP contribution < -0.4 is 4.90 Å². The van der Waals surface area contributed by atoms with Crippen molar-refractivity contribution in [3.05, 3.63) is 81.6 Å². The molecule has 2 aliphatic rings. The van der Waals surface area contributed by atoms with Gasteiger partial charge in [-0.3, -0.25) is 9.59 Å². The second kappa shape index (κ2) is 7.36. The molecule has 0 unspecified atom stereocenters. The molecular weight excluding hydrogens is 473 g/mol. The van der Waals surface area contributed by atoms with Gasteiger partial charge >= 0.3 is 0 Å². The van der Waals surface area contributed by atoms with Gasteiger partial charge in [-0.05, 0) is 55.3 Å². The fourth-order valence-corrected chi connectivity index (χ4v) is 5.17. The highest BCUT2D eigenvalue weighted by Crippen LogP contribution is 2.58. The predicted octanol–water partition coefficient (Wildman–Crippen LogP) is 5.74.